The number of rotatable bonds is 0. The molecule has 0 N–H and O–H groups in total. The van der Waals surface area contributed by atoms with Crippen molar-refractivity contribution in [1.82, 2.24) is 0 Å². The van der Waals surface area contributed by atoms with Gasteiger partial charge in [0.1, 0.15) is 0 Å². The number of carbonyl (C=O) groups excluding carboxylic acids is 1. The van der Waals surface area contributed by atoms with Crippen molar-refractivity contribution in [1.29, 1.82) is 0 Å². The molecular formula is C12H11NO2S. The van der Waals surface area contributed by atoms with Crippen LogP contribution in [0.3, 0.4) is 0 Å². The normalized spacial score (nSPS) is 23.6. The molecular weight excluding hydrogens is 222 g/mol. The number of para-hydroxylation sites is 1. The number of hydrogen-bond acceptors (Lipinski definition) is 3. The topological polar surface area (TPSA) is 29.5 Å². The van der Waals surface area contributed by atoms with Crippen LogP contribution in [0.1, 0.15) is 5.56 Å². The molecule has 0 bridgehead atoms. The Kier molecular flexibility index (Phi) is 2.17. The highest BCUT2D eigenvalue weighted by Gasteiger charge is 2.34. The summed E-state index contributed by atoms with van der Waals surface area (Å²) in [5.41, 5.74) is 2.67. The van der Waals surface area contributed by atoms with Gasteiger partial charge in [-0.1, -0.05) is 30.0 Å². The van der Waals surface area contributed by atoms with Crippen molar-refractivity contribution in [2.24, 2.45) is 0 Å². The molecule has 2 aliphatic heterocycles. The van der Waals surface area contributed by atoms with Crippen LogP contribution < -0.4 is 4.90 Å². The molecule has 4 heteroatoms. The van der Waals surface area contributed by atoms with E-state index in [-0.39, 0.29) is 5.91 Å². The molecule has 16 heavy (non-hydrogen) atoms. The van der Waals surface area contributed by atoms with Gasteiger partial charge in [0.25, 0.3) is 5.91 Å². The summed E-state index contributed by atoms with van der Waals surface area (Å²) in [5, 5.41) is 0.779. The largest absolute Gasteiger partial charge is 0.486 e. The molecule has 1 fully saturated rings. The molecule has 2 aliphatic rings. The highest BCUT2D eigenvalue weighted by atomic mass is 32.2. The van der Waals surface area contributed by atoms with Gasteiger partial charge in [-0.2, -0.15) is 0 Å². The van der Waals surface area contributed by atoms with Gasteiger partial charge in [0.15, 0.2) is 5.09 Å². The fourth-order valence-electron chi connectivity index (χ4n) is 2.02. The smallest absolute Gasteiger partial charge is 0.263 e. The number of nitrogens with zero attached hydrogens (tertiary/aromatic N) is 1. The van der Waals surface area contributed by atoms with Crippen LogP contribution in [0.25, 0.3) is 5.57 Å². The van der Waals surface area contributed by atoms with Gasteiger partial charge in [0.05, 0.1) is 17.9 Å². The molecule has 0 radical (unpaired) electrons. The molecule has 1 aromatic carbocycles. The van der Waals surface area contributed by atoms with Crippen molar-refractivity contribution in [3.63, 3.8) is 0 Å². The van der Waals surface area contributed by atoms with Gasteiger partial charge in [-0.05, 0) is 6.07 Å². The van der Waals surface area contributed by atoms with E-state index in [0.717, 1.165) is 27.7 Å². The zero-order valence-corrected chi connectivity index (χ0v) is 9.71. The Labute approximate surface area is 98.1 Å². The summed E-state index contributed by atoms with van der Waals surface area (Å²) in [7, 11) is 1.80. The minimum Gasteiger partial charge on any atom is -0.486 e. The zero-order chi connectivity index (χ0) is 11.1. The highest BCUT2D eigenvalue weighted by molar-refractivity contribution is 8.03. The molecule has 1 amide bonds. The molecule has 0 aromatic heterocycles. The summed E-state index contributed by atoms with van der Waals surface area (Å²) in [5.74, 6) is 0.962. The summed E-state index contributed by atoms with van der Waals surface area (Å²) in [4.78, 5) is 13.8. The van der Waals surface area contributed by atoms with Crippen LogP contribution in [-0.4, -0.2) is 25.3 Å². The van der Waals surface area contributed by atoms with E-state index in [0.29, 0.717) is 6.61 Å². The minimum absolute atomic E-state index is 0.0330. The van der Waals surface area contributed by atoms with E-state index in [4.69, 9.17) is 4.74 Å². The molecule has 82 valence electrons. The van der Waals surface area contributed by atoms with E-state index in [1.54, 1.807) is 23.7 Å². The monoisotopic (exact) mass is 233 g/mol. The van der Waals surface area contributed by atoms with Crippen LogP contribution >= 0.6 is 11.8 Å². The maximum absolute atomic E-state index is 12.1. The van der Waals surface area contributed by atoms with E-state index in [1.165, 1.54) is 0 Å². The average Bonchev–Trinajstić information content (AvgIpc) is 2.89. The lowest BCUT2D eigenvalue weighted by molar-refractivity contribution is -0.112. The number of hydrogen-bond donors (Lipinski definition) is 0. The van der Waals surface area contributed by atoms with Crippen molar-refractivity contribution in [3.8, 4) is 0 Å². The molecule has 0 atom stereocenters. The molecule has 1 saturated heterocycles. The van der Waals surface area contributed by atoms with Crippen molar-refractivity contribution in [3.05, 3.63) is 34.9 Å². The summed E-state index contributed by atoms with van der Waals surface area (Å²) in [6.07, 6.45) is 0. The summed E-state index contributed by atoms with van der Waals surface area (Å²) in [6.45, 7) is 0.697. The Bertz CT molecular complexity index is 488. The first-order valence-corrected chi connectivity index (χ1v) is 6.15. The zero-order valence-electron chi connectivity index (χ0n) is 8.90. The number of amides is 1. The molecule has 3 nitrogen and oxygen atoms in total. The second-order valence-corrected chi connectivity index (χ2v) is 4.81. The minimum atomic E-state index is 0.0330. The van der Waals surface area contributed by atoms with Crippen molar-refractivity contribution in [2.75, 3.05) is 24.3 Å². The van der Waals surface area contributed by atoms with Crippen LogP contribution in [0.4, 0.5) is 5.69 Å². The Hall–Kier alpha value is -1.42. The van der Waals surface area contributed by atoms with Gasteiger partial charge >= 0.3 is 0 Å². The maximum atomic E-state index is 12.1. The van der Waals surface area contributed by atoms with Gasteiger partial charge in [0, 0.05) is 18.4 Å². The second-order valence-electron chi connectivity index (χ2n) is 3.74. The SMILES string of the molecule is CN1C(=O)/C(=C2\OCCS2)c2ccccc21. The van der Waals surface area contributed by atoms with Crippen LogP contribution in [-0.2, 0) is 9.53 Å². The molecule has 0 saturated carbocycles. The van der Waals surface area contributed by atoms with Crippen molar-refractivity contribution in [2.45, 2.75) is 0 Å². The first kappa shape index (κ1) is 9.78. The third-order valence-electron chi connectivity index (χ3n) is 2.81. The number of benzene rings is 1. The van der Waals surface area contributed by atoms with Gasteiger partial charge < -0.3 is 9.64 Å². The Morgan fingerprint density at radius 2 is 2.19 bits per heavy atom. The predicted octanol–water partition coefficient (Wildman–Crippen LogP) is 2.09. The lowest BCUT2D eigenvalue weighted by atomic mass is 10.1. The second kappa shape index (κ2) is 3.56. The number of ether oxygens (including phenoxy) is 1. The van der Waals surface area contributed by atoms with E-state index in [9.17, 15) is 4.79 Å². The van der Waals surface area contributed by atoms with Crippen LogP contribution in [0.2, 0.25) is 0 Å². The number of anilines is 1. The summed E-state index contributed by atoms with van der Waals surface area (Å²) < 4.78 is 5.51. The first-order valence-electron chi connectivity index (χ1n) is 5.16. The molecule has 0 spiro atoms. The number of likely N-dealkylation sites (N-methyl/N-ethyl adjacent to an activating group) is 1. The molecule has 1 aromatic rings. The van der Waals surface area contributed by atoms with E-state index in [2.05, 4.69) is 0 Å². The van der Waals surface area contributed by atoms with Gasteiger partial charge in [0.2, 0.25) is 0 Å². The summed E-state index contributed by atoms with van der Waals surface area (Å²) >= 11 is 1.62. The maximum Gasteiger partial charge on any atom is 0.263 e. The van der Waals surface area contributed by atoms with Crippen LogP contribution in [0.15, 0.2) is 29.4 Å². The van der Waals surface area contributed by atoms with Crippen LogP contribution in [0, 0.1) is 0 Å². The fraction of sp³-hybridized carbons (Fsp3) is 0.250. The van der Waals surface area contributed by atoms with Crippen molar-refractivity contribution >= 4 is 28.9 Å². The Balaban J connectivity index is 2.21. The Morgan fingerprint density at radius 3 is 2.94 bits per heavy atom. The van der Waals surface area contributed by atoms with E-state index in [1.807, 2.05) is 24.3 Å². The first-order chi connectivity index (χ1) is 7.79. The number of carbonyl (C=O) groups is 1. The summed E-state index contributed by atoms with van der Waals surface area (Å²) in [6, 6.07) is 7.83. The molecule has 0 aliphatic carbocycles. The predicted molar refractivity (Wildman–Crippen MR) is 65.2 cm³/mol. The number of thioether (sulfide) groups is 1. The lowest BCUT2D eigenvalue weighted by Gasteiger charge is -2.08. The molecule has 3 rings (SSSR count). The molecule has 2 heterocycles. The third kappa shape index (κ3) is 1.26. The Morgan fingerprint density at radius 1 is 1.38 bits per heavy atom. The van der Waals surface area contributed by atoms with Crippen LogP contribution in [0.5, 0.6) is 0 Å². The quantitative estimate of drug-likeness (QED) is 0.643. The van der Waals surface area contributed by atoms with Crippen molar-refractivity contribution < 1.29 is 9.53 Å². The highest BCUT2D eigenvalue weighted by Crippen LogP contribution is 2.41. The third-order valence-corrected chi connectivity index (χ3v) is 3.76. The van der Waals surface area contributed by atoms with Gasteiger partial charge in [-0.15, -0.1) is 0 Å². The standard InChI is InChI=1S/C12H11NO2S/c1-13-9-5-3-2-4-8(9)10(11(13)14)12-15-6-7-16-12/h2-5H,6-7H2,1H3/b12-10+. The fourth-order valence-corrected chi connectivity index (χ4v) is 2.88. The molecule has 0 unspecified atom stereocenters. The van der Waals surface area contributed by atoms with E-state index < -0.39 is 0 Å². The average molecular weight is 233 g/mol. The van der Waals surface area contributed by atoms with Gasteiger partial charge in [-0.25, -0.2) is 0 Å². The lowest BCUT2D eigenvalue weighted by Crippen LogP contribution is -2.20. The van der Waals surface area contributed by atoms with Gasteiger partial charge in [-0.3, -0.25) is 4.79 Å². The number of fused-ring (bicyclic) bond motifs is 1. The van der Waals surface area contributed by atoms with E-state index >= 15 is 0 Å².